The molecule has 0 heterocycles. The lowest BCUT2D eigenvalue weighted by atomic mass is 10.1. The number of hydrogen-bond donors (Lipinski definition) is 1. The van der Waals surface area contributed by atoms with E-state index in [1.807, 2.05) is 30.3 Å². The molecule has 2 aromatic rings. The van der Waals surface area contributed by atoms with E-state index in [1.54, 1.807) is 12.1 Å². The van der Waals surface area contributed by atoms with E-state index < -0.39 is 6.04 Å². The average Bonchev–Trinajstić information content (AvgIpc) is 2.41. The Labute approximate surface area is 130 Å². The fourth-order valence-electron chi connectivity index (χ4n) is 1.62. The van der Waals surface area contributed by atoms with Crippen LogP contribution in [0.15, 0.2) is 46.9 Å². The second kappa shape index (κ2) is 6.29. The first kappa shape index (κ1) is 14.2. The van der Waals surface area contributed by atoms with Crippen LogP contribution in [0.1, 0.15) is 11.6 Å². The highest BCUT2D eigenvalue weighted by Gasteiger charge is 2.13. The molecule has 0 spiro atoms. The standard InChI is InChI=1S/C14H9BrCl2N2/c15-10-6-5-9(7-12(10)17)14(8-18)19-13-4-2-1-3-11(13)16/h1-7,14,19H. The predicted octanol–water partition coefficient (Wildman–Crippen LogP) is 5.43. The lowest BCUT2D eigenvalue weighted by Gasteiger charge is -2.15. The molecule has 0 bridgehead atoms. The summed E-state index contributed by atoms with van der Waals surface area (Å²) < 4.78 is 0.798. The maximum Gasteiger partial charge on any atom is 0.140 e. The van der Waals surface area contributed by atoms with Crippen LogP contribution in [-0.2, 0) is 0 Å². The number of benzene rings is 2. The number of nitriles is 1. The van der Waals surface area contributed by atoms with E-state index in [0.717, 1.165) is 15.7 Å². The maximum absolute atomic E-state index is 9.28. The molecule has 19 heavy (non-hydrogen) atoms. The van der Waals surface area contributed by atoms with Crippen LogP contribution in [0.4, 0.5) is 5.69 Å². The molecule has 0 saturated heterocycles. The summed E-state index contributed by atoms with van der Waals surface area (Å²) in [6.45, 7) is 0. The SMILES string of the molecule is N#CC(Nc1ccccc1Cl)c1ccc(Br)c(Cl)c1. The molecule has 0 aliphatic carbocycles. The van der Waals surface area contributed by atoms with E-state index in [9.17, 15) is 5.26 Å². The van der Waals surface area contributed by atoms with Crippen molar-refractivity contribution in [2.24, 2.45) is 0 Å². The molecule has 0 aliphatic heterocycles. The van der Waals surface area contributed by atoms with Crippen LogP contribution in [0.5, 0.6) is 0 Å². The third kappa shape index (κ3) is 3.42. The number of nitrogens with one attached hydrogen (secondary N) is 1. The molecule has 96 valence electrons. The summed E-state index contributed by atoms with van der Waals surface area (Å²) in [7, 11) is 0. The van der Waals surface area contributed by atoms with Crippen molar-refractivity contribution in [3.05, 3.63) is 62.5 Å². The van der Waals surface area contributed by atoms with E-state index in [-0.39, 0.29) is 0 Å². The summed E-state index contributed by atoms with van der Waals surface area (Å²) in [6.07, 6.45) is 0. The number of rotatable bonds is 3. The molecule has 2 nitrogen and oxygen atoms in total. The third-order valence-corrected chi connectivity index (χ3v) is 4.14. The second-order valence-corrected chi connectivity index (χ2v) is 5.53. The smallest absolute Gasteiger partial charge is 0.140 e. The number of nitrogens with zero attached hydrogens (tertiary/aromatic N) is 1. The van der Waals surface area contributed by atoms with Gasteiger partial charge in [0.25, 0.3) is 0 Å². The molecule has 0 aromatic heterocycles. The number of hydrogen-bond acceptors (Lipinski definition) is 2. The van der Waals surface area contributed by atoms with Gasteiger partial charge in [0.2, 0.25) is 0 Å². The molecule has 0 fully saturated rings. The number of halogens is 3. The molecule has 1 N–H and O–H groups in total. The summed E-state index contributed by atoms with van der Waals surface area (Å²) in [6, 6.07) is 14.4. The van der Waals surface area contributed by atoms with E-state index in [2.05, 4.69) is 27.3 Å². The van der Waals surface area contributed by atoms with Gasteiger partial charge in [-0.3, -0.25) is 0 Å². The van der Waals surface area contributed by atoms with Crippen LogP contribution in [0.25, 0.3) is 0 Å². The van der Waals surface area contributed by atoms with Gasteiger partial charge in [0.15, 0.2) is 0 Å². The van der Waals surface area contributed by atoms with Crippen LogP contribution in [0.3, 0.4) is 0 Å². The minimum absolute atomic E-state index is 0.509. The van der Waals surface area contributed by atoms with E-state index in [0.29, 0.717) is 10.0 Å². The average molecular weight is 356 g/mol. The first-order valence-corrected chi connectivity index (χ1v) is 7.02. The highest BCUT2D eigenvalue weighted by molar-refractivity contribution is 9.10. The van der Waals surface area contributed by atoms with Gasteiger partial charge in [0.1, 0.15) is 6.04 Å². The molecule has 0 amide bonds. The topological polar surface area (TPSA) is 35.8 Å². The fraction of sp³-hybridized carbons (Fsp3) is 0.0714. The molecule has 2 aromatic carbocycles. The molecule has 1 atom stereocenters. The number of para-hydroxylation sites is 1. The summed E-state index contributed by atoms with van der Waals surface area (Å²) >= 11 is 15.4. The van der Waals surface area contributed by atoms with Crippen LogP contribution in [0.2, 0.25) is 10.0 Å². The second-order valence-electron chi connectivity index (χ2n) is 3.86. The molecule has 5 heteroatoms. The van der Waals surface area contributed by atoms with Gasteiger partial charge in [-0.1, -0.05) is 41.4 Å². The maximum atomic E-state index is 9.28. The lowest BCUT2D eigenvalue weighted by Crippen LogP contribution is -2.08. The largest absolute Gasteiger partial charge is 0.365 e. The minimum Gasteiger partial charge on any atom is -0.365 e. The highest BCUT2D eigenvalue weighted by Crippen LogP contribution is 2.29. The van der Waals surface area contributed by atoms with Gasteiger partial charge in [-0.15, -0.1) is 0 Å². The fourth-order valence-corrected chi connectivity index (χ4v) is 2.24. The highest BCUT2D eigenvalue weighted by atomic mass is 79.9. The zero-order valence-electron chi connectivity index (χ0n) is 9.70. The van der Waals surface area contributed by atoms with Crippen molar-refractivity contribution in [1.29, 1.82) is 5.26 Å². The Balaban J connectivity index is 2.28. The van der Waals surface area contributed by atoms with Crippen molar-refractivity contribution < 1.29 is 0 Å². The van der Waals surface area contributed by atoms with Crippen molar-refractivity contribution in [2.75, 3.05) is 5.32 Å². The number of anilines is 1. The Morgan fingerprint density at radius 1 is 1.11 bits per heavy atom. The van der Waals surface area contributed by atoms with Gasteiger partial charge >= 0.3 is 0 Å². The Morgan fingerprint density at radius 3 is 2.47 bits per heavy atom. The summed E-state index contributed by atoms with van der Waals surface area (Å²) in [5.41, 5.74) is 1.50. The molecule has 1 unspecified atom stereocenters. The third-order valence-electron chi connectivity index (χ3n) is 2.58. The summed E-state index contributed by atoms with van der Waals surface area (Å²) in [5.74, 6) is 0. The Morgan fingerprint density at radius 2 is 1.84 bits per heavy atom. The van der Waals surface area contributed by atoms with Crippen molar-refractivity contribution in [2.45, 2.75) is 6.04 Å². The molecule has 2 rings (SSSR count). The van der Waals surface area contributed by atoms with Crippen LogP contribution in [0, 0.1) is 11.3 Å². The van der Waals surface area contributed by atoms with Crippen LogP contribution >= 0.6 is 39.1 Å². The monoisotopic (exact) mass is 354 g/mol. The first-order chi connectivity index (χ1) is 9.11. The van der Waals surface area contributed by atoms with Crippen molar-refractivity contribution >= 4 is 44.8 Å². The van der Waals surface area contributed by atoms with Crippen molar-refractivity contribution in [1.82, 2.24) is 0 Å². The summed E-state index contributed by atoms with van der Waals surface area (Å²) in [4.78, 5) is 0. The van der Waals surface area contributed by atoms with Gasteiger partial charge in [-0.25, -0.2) is 0 Å². The van der Waals surface area contributed by atoms with E-state index >= 15 is 0 Å². The van der Waals surface area contributed by atoms with Gasteiger partial charge in [-0.2, -0.15) is 5.26 Å². The quantitative estimate of drug-likeness (QED) is 0.796. The Bertz CT molecular complexity index is 638. The Kier molecular flexibility index (Phi) is 4.71. The summed E-state index contributed by atoms with van der Waals surface area (Å²) in [5, 5.41) is 13.5. The van der Waals surface area contributed by atoms with Gasteiger partial charge in [0, 0.05) is 4.47 Å². The normalized spacial score (nSPS) is 11.7. The minimum atomic E-state index is -0.509. The van der Waals surface area contributed by atoms with E-state index in [1.165, 1.54) is 0 Å². The Hall–Kier alpha value is -1.21. The van der Waals surface area contributed by atoms with Crippen molar-refractivity contribution in [3.8, 4) is 6.07 Å². The van der Waals surface area contributed by atoms with Gasteiger partial charge in [0.05, 0.1) is 21.8 Å². The predicted molar refractivity (Wildman–Crippen MR) is 82.6 cm³/mol. The van der Waals surface area contributed by atoms with Crippen LogP contribution < -0.4 is 5.32 Å². The zero-order chi connectivity index (χ0) is 13.8. The zero-order valence-corrected chi connectivity index (χ0v) is 12.8. The molecular weight excluding hydrogens is 347 g/mol. The van der Waals surface area contributed by atoms with E-state index in [4.69, 9.17) is 23.2 Å². The lowest BCUT2D eigenvalue weighted by molar-refractivity contribution is 0.997. The van der Waals surface area contributed by atoms with Crippen LogP contribution in [-0.4, -0.2) is 0 Å². The van der Waals surface area contributed by atoms with Gasteiger partial charge < -0.3 is 5.32 Å². The molecule has 0 saturated carbocycles. The molecule has 0 radical (unpaired) electrons. The first-order valence-electron chi connectivity index (χ1n) is 5.47. The molecule has 0 aliphatic rings. The van der Waals surface area contributed by atoms with Gasteiger partial charge in [-0.05, 0) is 45.8 Å². The van der Waals surface area contributed by atoms with Crippen molar-refractivity contribution in [3.63, 3.8) is 0 Å². The molecular formula is C14H9BrCl2N2.